The van der Waals surface area contributed by atoms with Crippen LogP contribution in [0, 0.1) is 0 Å². The van der Waals surface area contributed by atoms with Crippen molar-refractivity contribution in [2.75, 3.05) is 5.45 Å². The topological polar surface area (TPSA) is 29.1 Å². The molecule has 0 aliphatic heterocycles. The summed E-state index contributed by atoms with van der Waals surface area (Å²) in [6.07, 6.45) is 23.7. The first-order chi connectivity index (χ1) is 11.3. The molecule has 136 valence electrons. The zero-order valence-corrected chi connectivity index (χ0v) is 16.8. The molecular formula is C20H38BrNO. The molecule has 0 aliphatic carbocycles. The molecular weight excluding hydrogens is 350 g/mol. The van der Waals surface area contributed by atoms with Crippen molar-refractivity contribution in [1.82, 2.24) is 5.32 Å². The van der Waals surface area contributed by atoms with Crippen LogP contribution in [0.2, 0.25) is 0 Å². The van der Waals surface area contributed by atoms with Crippen LogP contribution in [0.3, 0.4) is 0 Å². The Kier molecular flexibility index (Phi) is 19.5. The smallest absolute Gasteiger partial charge is 0.220 e. The number of rotatable bonds is 17. The average Bonchev–Trinajstić information content (AvgIpc) is 2.54. The van der Waals surface area contributed by atoms with E-state index in [0.717, 1.165) is 6.42 Å². The number of carbonyl (C=O) groups is 1. The van der Waals surface area contributed by atoms with Crippen molar-refractivity contribution in [3.8, 4) is 0 Å². The van der Waals surface area contributed by atoms with E-state index < -0.39 is 0 Å². The van der Waals surface area contributed by atoms with Crippen LogP contribution >= 0.6 is 15.9 Å². The first-order valence-corrected chi connectivity index (χ1v) is 10.9. The maximum absolute atomic E-state index is 11.2. The van der Waals surface area contributed by atoms with Gasteiger partial charge in [0.25, 0.3) is 0 Å². The number of hydrogen-bond acceptors (Lipinski definition) is 1. The second-order valence-corrected chi connectivity index (χ2v) is 6.98. The number of amides is 1. The van der Waals surface area contributed by atoms with E-state index in [1.165, 1.54) is 83.5 Å². The van der Waals surface area contributed by atoms with Gasteiger partial charge in [0, 0.05) is 6.42 Å². The van der Waals surface area contributed by atoms with Crippen LogP contribution in [-0.2, 0) is 4.79 Å². The van der Waals surface area contributed by atoms with E-state index >= 15 is 0 Å². The van der Waals surface area contributed by atoms with Crippen molar-refractivity contribution >= 4 is 21.8 Å². The molecule has 1 N–H and O–H groups in total. The third-order valence-electron chi connectivity index (χ3n) is 4.18. The number of halogens is 1. The number of alkyl halides is 1. The minimum absolute atomic E-state index is 0.164. The maximum Gasteiger partial charge on any atom is 0.220 e. The van der Waals surface area contributed by atoms with Gasteiger partial charge in [-0.25, -0.2) is 0 Å². The highest BCUT2D eigenvalue weighted by atomic mass is 79.9. The first kappa shape index (κ1) is 22.7. The third kappa shape index (κ3) is 19.6. The molecule has 0 bridgehead atoms. The number of hydrogen-bond donors (Lipinski definition) is 1. The molecule has 0 aliphatic rings. The lowest BCUT2D eigenvalue weighted by atomic mass is 10.1. The van der Waals surface area contributed by atoms with Crippen molar-refractivity contribution in [3.05, 3.63) is 12.2 Å². The Morgan fingerprint density at radius 2 is 1.26 bits per heavy atom. The number of nitrogens with one attached hydrogen (secondary N) is 1. The van der Waals surface area contributed by atoms with Crippen LogP contribution in [0.4, 0.5) is 0 Å². The molecule has 0 aromatic heterocycles. The number of carbonyl (C=O) groups excluding carboxylic acids is 1. The molecule has 0 fully saturated rings. The third-order valence-corrected chi connectivity index (χ3v) is 4.46. The molecule has 0 spiro atoms. The van der Waals surface area contributed by atoms with E-state index in [-0.39, 0.29) is 5.91 Å². The van der Waals surface area contributed by atoms with Crippen LogP contribution in [-0.4, -0.2) is 11.4 Å². The fraction of sp³-hybridized carbons (Fsp3) is 0.850. The van der Waals surface area contributed by atoms with Crippen LogP contribution in [0.15, 0.2) is 12.2 Å². The second kappa shape index (κ2) is 19.7. The molecule has 2 nitrogen and oxygen atoms in total. The van der Waals surface area contributed by atoms with E-state index in [2.05, 4.69) is 40.3 Å². The number of allylic oxidation sites excluding steroid dienone is 2. The molecule has 0 heterocycles. The van der Waals surface area contributed by atoms with Gasteiger partial charge in [0.05, 0.1) is 5.45 Å². The largest absolute Gasteiger partial charge is 0.346 e. The van der Waals surface area contributed by atoms with Gasteiger partial charge >= 0.3 is 0 Å². The lowest BCUT2D eigenvalue weighted by Crippen LogP contribution is -2.20. The maximum atomic E-state index is 11.2. The molecule has 3 heteroatoms. The predicted molar refractivity (Wildman–Crippen MR) is 106 cm³/mol. The molecule has 0 atom stereocenters. The summed E-state index contributed by atoms with van der Waals surface area (Å²) < 4.78 is 0. The van der Waals surface area contributed by atoms with Crippen molar-refractivity contribution in [2.45, 2.75) is 103 Å². The zero-order chi connectivity index (χ0) is 17.0. The molecule has 0 unspecified atom stereocenters. The molecule has 0 saturated carbocycles. The standard InChI is InChI=1S/C20H38BrNO/c1-2-3-4-5-6-7-8-9-10-11-12-13-14-15-16-17-18-20(23)22-19-21/h9-10H,2-8,11-19H2,1H3,(H,22,23)/b10-9-. The summed E-state index contributed by atoms with van der Waals surface area (Å²) in [5.74, 6) is 0.164. The van der Waals surface area contributed by atoms with Gasteiger partial charge in [-0.15, -0.1) is 0 Å². The van der Waals surface area contributed by atoms with Gasteiger partial charge in [0.2, 0.25) is 5.91 Å². The van der Waals surface area contributed by atoms with Gasteiger partial charge in [-0.1, -0.05) is 92.8 Å². The van der Waals surface area contributed by atoms with Crippen molar-refractivity contribution in [2.24, 2.45) is 0 Å². The van der Waals surface area contributed by atoms with Crippen LogP contribution in [0.25, 0.3) is 0 Å². The molecule has 0 rings (SSSR count). The van der Waals surface area contributed by atoms with Gasteiger partial charge in [-0.05, 0) is 32.1 Å². The second-order valence-electron chi connectivity index (χ2n) is 6.42. The normalized spacial score (nSPS) is 11.2. The fourth-order valence-electron chi connectivity index (χ4n) is 2.70. The summed E-state index contributed by atoms with van der Waals surface area (Å²) >= 11 is 3.20. The number of unbranched alkanes of at least 4 members (excludes halogenated alkanes) is 12. The Morgan fingerprint density at radius 3 is 1.78 bits per heavy atom. The summed E-state index contributed by atoms with van der Waals surface area (Å²) in [7, 11) is 0. The highest BCUT2D eigenvalue weighted by molar-refractivity contribution is 9.09. The van der Waals surface area contributed by atoms with E-state index in [4.69, 9.17) is 0 Å². The van der Waals surface area contributed by atoms with Gasteiger partial charge in [-0.3, -0.25) is 4.79 Å². The summed E-state index contributed by atoms with van der Waals surface area (Å²) in [6, 6.07) is 0. The quantitative estimate of drug-likeness (QED) is 0.125. The van der Waals surface area contributed by atoms with Crippen LogP contribution in [0.5, 0.6) is 0 Å². The van der Waals surface area contributed by atoms with E-state index in [1.54, 1.807) is 0 Å². The van der Waals surface area contributed by atoms with Crippen LogP contribution in [0.1, 0.15) is 103 Å². The Hall–Kier alpha value is -0.310. The Bertz CT molecular complexity index is 279. The van der Waals surface area contributed by atoms with E-state index in [0.29, 0.717) is 11.9 Å². The summed E-state index contributed by atoms with van der Waals surface area (Å²) in [5.41, 5.74) is 0.568. The van der Waals surface area contributed by atoms with Crippen molar-refractivity contribution in [1.29, 1.82) is 0 Å². The first-order valence-electron chi connectivity index (χ1n) is 9.79. The molecule has 0 aromatic rings. The van der Waals surface area contributed by atoms with Gasteiger partial charge < -0.3 is 5.32 Å². The molecule has 0 saturated heterocycles. The molecule has 23 heavy (non-hydrogen) atoms. The average molecular weight is 388 g/mol. The summed E-state index contributed by atoms with van der Waals surface area (Å²) in [5, 5.41) is 2.77. The van der Waals surface area contributed by atoms with Gasteiger partial charge in [0.15, 0.2) is 0 Å². The van der Waals surface area contributed by atoms with Crippen molar-refractivity contribution in [3.63, 3.8) is 0 Å². The van der Waals surface area contributed by atoms with Crippen molar-refractivity contribution < 1.29 is 4.79 Å². The fourth-order valence-corrected chi connectivity index (χ4v) is 3.01. The minimum atomic E-state index is 0.164. The van der Waals surface area contributed by atoms with Crippen LogP contribution < -0.4 is 5.32 Å². The Balaban J connectivity index is 3.12. The molecule has 1 amide bonds. The highest BCUT2D eigenvalue weighted by Gasteiger charge is 1.98. The summed E-state index contributed by atoms with van der Waals surface area (Å²) in [6.45, 7) is 2.27. The zero-order valence-electron chi connectivity index (χ0n) is 15.3. The SMILES string of the molecule is CCCCCCCC/C=C\CCCCCCCCC(=O)NCBr. The lowest BCUT2D eigenvalue weighted by molar-refractivity contribution is -0.120. The molecule has 0 radical (unpaired) electrons. The molecule has 0 aromatic carbocycles. The predicted octanol–water partition coefficient (Wildman–Crippen LogP) is 6.88. The Morgan fingerprint density at radius 1 is 0.783 bits per heavy atom. The van der Waals surface area contributed by atoms with E-state index in [9.17, 15) is 4.79 Å². The minimum Gasteiger partial charge on any atom is -0.346 e. The lowest BCUT2D eigenvalue weighted by Gasteiger charge is -2.02. The Labute approximate surface area is 153 Å². The van der Waals surface area contributed by atoms with E-state index in [1.807, 2.05) is 0 Å². The monoisotopic (exact) mass is 387 g/mol. The van der Waals surface area contributed by atoms with Gasteiger partial charge in [0.1, 0.15) is 0 Å². The van der Waals surface area contributed by atoms with Gasteiger partial charge in [-0.2, -0.15) is 0 Å². The summed E-state index contributed by atoms with van der Waals surface area (Å²) in [4.78, 5) is 11.2. The highest BCUT2D eigenvalue weighted by Crippen LogP contribution is 2.10.